The van der Waals surface area contributed by atoms with E-state index in [0.29, 0.717) is 23.4 Å². The molecule has 3 aromatic rings. The average molecular weight is 503 g/mol. The van der Waals surface area contributed by atoms with Gasteiger partial charge in [0.15, 0.2) is 0 Å². The van der Waals surface area contributed by atoms with Gasteiger partial charge in [-0.3, -0.25) is 19.7 Å². The molecule has 0 radical (unpaired) electrons. The van der Waals surface area contributed by atoms with Crippen LogP contribution in [0.5, 0.6) is 5.75 Å². The van der Waals surface area contributed by atoms with Crippen LogP contribution in [-0.2, 0) is 29.2 Å². The molecule has 192 valence electrons. The normalized spacial score (nSPS) is 18.2. The van der Waals surface area contributed by atoms with Crippen molar-refractivity contribution >= 4 is 17.7 Å². The molecule has 0 aliphatic carbocycles. The van der Waals surface area contributed by atoms with Crippen molar-refractivity contribution in [3.8, 4) is 5.75 Å². The molecule has 2 atom stereocenters. The van der Waals surface area contributed by atoms with Crippen LogP contribution in [0.3, 0.4) is 0 Å². The van der Waals surface area contributed by atoms with Crippen LogP contribution in [0.25, 0.3) is 0 Å². The lowest BCUT2D eigenvalue weighted by atomic mass is 10.0. The highest BCUT2D eigenvalue weighted by Gasteiger charge is 2.40. The highest BCUT2D eigenvalue weighted by Crippen LogP contribution is 2.33. The third-order valence-corrected chi connectivity index (χ3v) is 6.74. The molecule has 1 N–H and O–H groups in total. The second-order valence-corrected chi connectivity index (χ2v) is 9.77. The highest BCUT2D eigenvalue weighted by atomic mass is 16.5. The van der Waals surface area contributed by atoms with E-state index in [9.17, 15) is 14.4 Å². The van der Waals surface area contributed by atoms with Crippen LogP contribution in [0.4, 0.5) is 0 Å². The minimum atomic E-state index is -0.663. The molecule has 3 amide bonds. The molecule has 0 saturated carbocycles. The molecule has 37 heavy (non-hydrogen) atoms. The third kappa shape index (κ3) is 5.39. The quantitative estimate of drug-likeness (QED) is 0.446. The van der Waals surface area contributed by atoms with E-state index < -0.39 is 11.9 Å². The van der Waals surface area contributed by atoms with Gasteiger partial charge in [0.05, 0.1) is 18.8 Å². The number of benzene rings is 2. The van der Waals surface area contributed by atoms with E-state index >= 15 is 0 Å². The molecule has 3 heterocycles. The number of imide groups is 1. The SMILES string of the molecule is CN(C)C[C@@H](Cc1ccccc1)n1cc(COc2cccc3c2CN(C2CCC(=O)NC2=O)C3=O)nn1. The number of amides is 3. The standard InChI is InChI=1S/C27H30N6O4/c1-31(2)15-20(13-18-7-4-3-5-8-18)33-14-19(29-30-33)17-37-24-10-6-9-21-22(24)16-32(27(21)36)23-11-12-25(34)28-26(23)35/h3-10,14,20,23H,11-13,15-17H2,1-2H3,(H,28,34,35)/t20-,23?/m1/s1. The summed E-state index contributed by atoms with van der Waals surface area (Å²) < 4.78 is 7.98. The van der Waals surface area contributed by atoms with E-state index in [1.807, 2.05) is 49.2 Å². The number of hydrogen-bond donors (Lipinski definition) is 1. The summed E-state index contributed by atoms with van der Waals surface area (Å²) in [6.45, 7) is 1.26. The van der Waals surface area contributed by atoms with Gasteiger partial charge in [-0.2, -0.15) is 0 Å². The molecule has 10 nitrogen and oxygen atoms in total. The smallest absolute Gasteiger partial charge is 0.255 e. The first-order valence-electron chi connectivity index (χ1n) is 12.4. The zero-order valence-electron chi connectivity index (χ0n) is 21.0. The first-order valence-corrected chi connectivity index (χ1v) is 12.4. The number of ether oxygens (including phenoxy) is 1. The molecule has 5 rings (SSSR count). The molecule has 0 spiro atoms. The molecule has 2 aliphatic rings. The van der Waals surface area contributed by atoms with Crippen LogP contribution in [0.15, 0.2) is 54.7 Å². The topological polar surface area (TPSA) is 110 Å². The number of likely N-dealkylation sites (N-methyl/N-ethyl adjacent to an activating group) is 1. The van der Waals surface area contributed by atoms with Gasteiger partial charge in [0.1, 0.15) is 24.1 Å². The number of nitrogens with zero attached hydrogens (tertiary/aromatic N) is 5. The summed E-state index contributed by atoms with van der Waals surface area (Å²) in [5, 5.41) is 11.0. The summed E-state index contributed by atoms with van der Waals surface area (Å²) >= 11 is 0. The van der Waals surface area contributed by atoms with Gasteiger partial charge in [0.2, 0.25) is 11.8 Å². The summed E-state index contributed by atoms with van der Waals surface area (Å²) in [6.07, 6.45) is 3.27. The van der Waals surface area contributed by atoms with Gasteiger partial charge >= 0.3 is 0 Å². The fraction of sp³-hybridized carbons (Fsp3) is 0.370. The Morgan fingerprint density at radius 3 is 2.68 bits per heavy atom. The van der Waals surface area contributed by atoms with E-state index in [1.165, 1.54) is 10.5 Å². The van der Waals surface area contributed by atoms with Crippen LogP contribution in [0, 0.1) is 0 Å². The fourth-order valence-corrected chi connectivity index (χ4v) is 4.95. The molecule has 2 aromatic carbocycles. The Hall–Kier alpha value is -4.05. The van der Waals surface area contributed by atoms with Crippen molar-refractivity contribution in [3.05, 3.63) is 77.1 Å². The summed E-state index contributed by atoms with van der Waals surface area (Å²) in [7, 11) is 4.07. The predicted octanol–water partition coefficient (Wildman–Crippen LogP) is 1.96. The van der Waals surface area contributed by atoms with Crippen LogP contribution < -0.4 is 10.1 Å². The lowest BCUT2D eigenvalue weighted by Gasteiger charge is -2.29. The number of carbonyl (C=O) groups excluding carboxylic acids is 3. The molecule has 2 aliphatic heterocycles. The lowest BCUT2D eigenvalue weighted by molar-refractivity contribution is -0.136. The Kier molecular flexibility index (Phi) is 7.00. The van der Waals surface area contributed by atoms with Crippen LogP contribution >= 0.6 is 0 Å². The Morgan fingerprint density at radius 2 is 1.92 bits per heavy atom. The maximum atomic E-state index is 13.0. The number of hydrogen-bond acceptors (Lipinski definition) is 7. The van der Waals surface area contributed by atoms with Crippen molar-refractivity contribution in [2.24, 2.45) is 0 Å². The molecule has 1 saturated heterocycles. The van der Waals surface area contributed by atoms with Crippen molar-refractivity contribution < 1.29 is 19.1 Å². The molecule has 0 bridgehead atoms. The first-order chi connectivity index (χ1) is 17.9. The number of aromatic nitrogens is 3. The molecule has 10 heteroatoms. The van der Waals surface area contributed by atoms with Gasteiger partial charge in [0.25, 0.3) is 5.91 Å². The van der Waals surface area contributed by atoms with E-state index in [2.05, 4.69) is 32.7 Å². The van der Waals surface area contributed by atoms with Crippen molar-refractivity contribution in [2.45, 2.75) is 44.5 Å². The van der Waals surface area contributed by atoms with Gasteiger partial charge in [-0.05, 0) is 44.6 Å². The molecular weight excluding hydrogens is 472 g/mol. The summed E-state index contributed by atoms with van der Waals surface area (Å²) in [5.74, 6) is -0.393. The van der Waals surface area contributed by atoms with Crippen LogP contribution in [0.2, 0.25) is 0 Å². The maximum Gasteiger partial charge on any atom is 0.255 e. The van der Waals surface area contributed by atoms with Crippen LogP contribution in [-0.4, -0.2) is 69.2 Å². The number of piperidine rings is 1. The predicted molar refractivity (Wildman–Crippen MR) is 135 cm³/mol. The monoisotopic (exact) mass is 502 g/mol. The summed E-state index contributed by atoms with van der Waals surface area (Å²) in [5.41, 5.74) is 3.16. The van der Waals surface area contributed by atoms with Gasteiger partial charge in [-0.25, -0.2) is 4.68 Å². The molecule has 1 unspecified atom stereocenters. The zero-order chi connectivity index (χ0) is 25.9. The van der Waals surface area contributed by atoms with Gasteiger partial charge in [0, 0.05) is 24.1 Å². The Morgan fingerprint density at radius 1 is 1.11 bits per heavy atom. The largest absolute Gasteiger partial charge is 0.487 e. The first kappa shape index (κ1) is 24.6. The minimum Gasteiger partial charge on any atom is -0.487 e. The highest BCUT2D eigenvalue weighted by molar-refractivity contribution is 6.05. The number of rotatable bonds is 9. The number of fused-ring (bicyclic) bond motifs is 1. The summed E-state index contributed by atoms with van der Waals surface area (Å²) in [4.78, 5) is 40.6. The molecular formula is C27H30N6O4. The fourth-order valence-electron chi connectivity index (χ4n) is 4.95. The van der Waals surface area contributed by atoms with E-state index in [-0.39, 0.29) is 37.4 Å². The maximum absolute atomic E-state index is 13.0. The van der Waals surface area contributed by atoms with Crippen molar-refractivity contribution in [1.82, 2.24) is 30.1 Å². The van der Waals surface area contributed by atoms with Gasteiger partial charge in [-0.1, -0.05) is 41.6 Å². The van der Waals surface area contributed by atoms with Gasteiger partial charge in [-0.15, -0.1) is 5.10 Å². The Bertz CT molecular complexity index is 1310. The third-order valence-electron chi connectivity index (χ3n) is 6.74. The van der Waals surface area contributed by atoms with E-state index in [4.69, 9.17) is 4.74 Å². The second-order valence-electron chi connectivity index (χ2n) is 9.77. The van der Waals surface area contributed by atoms with Crippen molar-refractivity contribution in [3.63, 3.8) is 0 Å². The van der Waals surface area contributed by atoms with Crippen molar-refractivity contribution in [1.29, 1.82) is 0 Å². The zero-order valence-corrected chi connectivity index (χ0v) is 21.0. The summed E-state index contributed by atoms with van der Waals surface area (Å²) in [6, 6.07) is 15.1. The minimum absolute atomic E-state index is 0.110. The van der Waals surface area contributed by atoms with E-state index in [0.717, 1.165) is 18.5 Å². The molecule has 1 aromatic heterocycles. The molecule has 1 fully saturated rings. The van der Waals surface area contributed by atoms with Gasteiger partial charge < -0.3 is 14.5 Å². The second kappa shape index (κ2) is 10.5. The van der Waals surface area contributed by atoms with Crippen LogP contribution in [0.1, 0.15) is 46.1 Å². The number of carbonyl (C=O) groups is 3. The average Bonchev–Trinajstić information content (AvgIpc) is 3.48. The Balaban J connectivity index is 1.28. The number of nitrogens with one attached hydrogen (secondary N) is 1. The lowest BCUT2D eigenvalue weighted by Crippen LogP contribution is -2.52. The van der Waals surface area contributed by atoms with Crippen molar-refractivity contribution in [2.75, 3.05) is 20.6 Å². The Labute approximate surface area is 215 Å². The van der Waals surface area contributed by atoms with E-state index in [1.54, 1.807) is 12.1 Å².